The Kier molecular flexibility index (Phi) is 1.96. The second-order valence-electron chi connectivity index (χ2n) is 3.36. The van der Waals surface area contributed by atoms with E-state index in [1.165, 1.54) is 0 Å². The number of nitrogens with zero attached hydrogens (tertiary/aromatic N) is 3. The highest BCUT2D eigenvalue weighted by molar-refractivity contribution is 5.57. The van der Waals surface area contributed by atoms with Crippen LogP contribution in [0.25, 0.3) is 5.69 Å². The van der Waals surface area contributed by atoms with Crippen molar-refractivity contribution < 1.29 is 0 Å². The molecule has 0 aliphatic carbocycles. The molecular formula is C10H12N4. The fourth-order valence-corrected chi connectivity index (χ4v) is 1.46. The van der Waals surface area contributed by atoms with Crippen molar-refractivity contribution >= 4 is 5.69 Å². The zero-order valence-electron chi connectivity index (χ0n) is 8.23. The third kappa shape index (κ3) is 1.35. The molecule has 1 aromatic carbocycles. The van der Waals surface area contributed by atoms with Crippen molar-refractivity contribution in [3.63, 3.8) is 0 Å². The quantitative estimate of drug-likeness (QED) is 0.689. The van der Waals surface area contributed by atoms with Gasteiger partial charge < -0.3 is 5.73 Å². The Morgan fingerprint density at radius 1 is 1.07 bits per heavy atom. The summed E-state index contributed by atoms with van der Waals surface area (Å²) in [6.45, 7) is 4.04. The average Bonchev–Trinajstić information content (AvgIpc) is 2.64. The topological polar surface area (TPSA) is 56.7 Å². The van der Waals surface area contributed by atoms with Crippen molar-refractivity contribution in [3.05, 3.63) is 35.9 Å². The maximum atomic E-state index is 5.84. The molecule has 2 N–H and O–H groups in total. The Morgan fingerprint density at radius 2 is 1.71 bits per heavy atom. The van der Waals surface area contributed by atoms with Gasteiger partial charge in [-0.1, -0.05) is 6.07 Å². The van der Waals surface area contributed by atoms with E-state index >= 15 is 0 Å². The van der Waals surface area contributed by atoms with Crippen LogP contribution in [0.5, 0.6) is 0 Å². The summed E-state index contributed by atoms with van der Waals surface area (Å²) in [5.41, 5.74) is 9.92. The molecule has 0 spiro atoms. The highest BCUT2D eigenvalue weighted by Crippen LogP contribution is 2.20. The number of hydrogen-bond donors (Lipinski definition) is 1. The first-order chi connectivity index (χ1) is 6.68. The number of nitrogen functional groups attached to an aromatic ring is 1. The van der Waals surface area contributed by atoms with Gasteiger partial charge in [-0.15, -0.1) is 10.2 Å². The SMILES string of the molecule is Cc1cc(C)c(-n2cnnc2)cc1N. The number of anilines is 1. The van der Waals surface area contributed by atoms with Gasteiger partial charge in [-0.25, -0.2) is 0 Å². The van der Waals surface area contributed by atoms with Gasteiger partial charge in [-0.05, 0) is 31.0 Å². The van der Waals surface area contributed by atoms with Crippen LogP contribution in [0.15, 0.2) is 24.8 Å². The van der Waals surface area contributed by atoms with E-state index in [9.17, 15) is 0 Å². The largest absolute Gasteiger partial charge is 0.398 e. The molecule has 0 atom stereocenters. The van der Waals surface area contributed by atoms with Gasteiger partial charge in [0.15, 0.2) is 0 Å². The highest BCUT2D eigenvalue weighted by Gasteiger charge is 2.03. The van der Waals surface area contributed by atoms with Gasteiger partial charge in [0.25, 0.3) is 0 Å². The molecule has 0 aliphatic heterocycles. The lowest BCUT2D eigenvalue weighted by molar-refractivity contribution is 1.04. The Morgan fingerprint density at radius 3 is 2.36 bits per heavy atom. The lowest BCUT2D eigenvalue weighted by atomic mass is 10.1. The zero-order chi connectivity index (χ0) is 10.1. The highest BCUT2D eigenvalue weighted by atomic mass is 15.2. The summed E-state index contributed by atoms with van der Waals surface area (Å²) in [5.74, 6) is 0. The predicted molar refractivity (Wildman–Crippen MR) is 55.2 cm³/mol. The predicted octanol–water partition coefficient (Wildman–Crippen LogP) is 1.47. The molecule has 1 heterocycles. The first-order valence-electron chi connectivity index (χ1n) is 4.40. The van der Waals surface area contributed by atoms with Crippen LogP contribution in [-0.4, -0.2) is 14.8 Å². The van der Waals surface area contributed by atoms with Crippen LogP contribution in [0.4, 0.5) is 5.69 Å². The molecule has 2 aromatic rings. The molecule has 0 aliphatic rings. The summed E-state index contributed by atoms with van der Waals surface area (Å²) in [7, 11) is 0. The van der Waals surface area contributed by atoms with Crippen molar-refractivity contribution in [2.45, 2.75) is 13.8 Å². The molecule has 0 radical (unpaired) electrons. The minimum atomic E-state index is 0.791. The Hall–Kier alpha value is -1.84. The van der Waals surface area contributed by atoms with Gasteiger partial charge in [-0.2, -0.15) is 0 Å². The molecular weight excluding hydrogens is 176 g/mol. The van der Waals surface area contributed by atoms with Crippen molar-refractivity contribution in [1.29, 1.82) is 0 Å². The van der Waals surface area contributed by atoms with E-state index in [0.29, 0.717) is 0 Å². The van der Waals surface area contributed by atoms with Crippen LogP contribution in [0, 0.1) is 13.8 Å². The van der Waals surface area contributed by atoms with Crippen molar-refractivity contribution in [1.82, 2.24) is 14.8 Å². The van der Waals surface area contributed by atoms with Gasteiger partial charge in [-0.3, -0.25) is 4.57 Å². The van der Waals surface area contributed by atoms with Crippen molar-refractivity contribution in [3.8, 4) is 5.69 Å². The van der Waals surface area contributed by atoms with E-state index in [1.807, 2.05) is 24.5 Å². The number of rotatable bonds is 1. The normalized spacial score (nSPS) is 10.4. The summed E-state index contributed by atoms with van der Waals surface area (Å²) in [6.07, 6.45) is 3.33. The smallest absolute Gasteiger partial charge is 0.123 e. The lowest BCUT2D eigenvalue weighted by Crippen LogP contribution is -1.98. The summed E-state index contributed by atoms with van der Waals surface area (Å²) in [6, 6.07) is 4.00. The van der Waals surface area contributed by atoms with E-state index in [1.54, 1.807) is 12.7 Å². The molecule has 14 heavy (non-hydrogen) atoms. The average molecular weight is 188 g/mol. The maximum absolute atomic E-state index is 5.84. The zero-order valence-corrected chi connectivity index (χ0v) is 8.23. The molecule has 4 nitrogen and oxygen atoms in total. The van der Waals surface area contributed by atoms with Gasteiger partial charge in [0.1, 0.15) is 12.7 Å². The van der Waals surface area contributed by atoms with Crippen LogP contribution < -0.4 is 5.73 Å². The summed E-state index contributed by atoms with van der Waals surface area (Å²) in [4.78, 5) is 0. The standard InChI is InChI=1S/C10H12N4/c1-7-3-8(2)10(4-9(7)11)14-5-12-13-6-14/h3-6H,11H2,1-2H3. The Balaban J connectivity index is 2.60. The second-order valence-corrected chi connectivity index (χ2v) is 3.36. The minimum absolute atomic E-state index is 0.791. The van der Waals surface area contributed by atoms with E-state index < -0.39 is 0 Å². The molecule has 0 fully saturated rings. The third-order valence-corrected chi connectivity index (χ3v) is 2.28. The first-order valence-corrected chi connectivity index (χ1v) is 4.40. The molecule has 0 unspecified atom stereocenters. The monoisotopic (exact) mass is 188 g/mol. The van der Waals surface area contributed by atoms with Gasteiger partial charge in [0.05, 0.1) is 5.69 Å². The number of hydrogen-bond acceptors (Lipinski definition) is 3. The molecule has 1 aromatic heterocycles. The lowest BCUT2D eigenvalue weighted by Gasteiger charge is -2.09. The summed E-state index contributed by atoms with van der Waals surface area (Å²) < 4.78 is 1.85. The van der Waals surface area contributed by atoms with Crippen LogP contribution >= 0.6 is 0 Å². The van der Waals surface area contributed by atoms with Gasteiger partial charge in [0, 0.05) is 5.69 Å². The number of benzene rings is 1. The van der Waals surface area contributed by atoms with Crippen LogP contribution in [0.2, 0.25) is 0 Å². The molecule has 4 heteroatoms. The van der Waals surface area contributed by atoms with E-state index in [2.05, 4.69) is 16.3 Å². The fraction of sp³-hybridized carbons (Fsp3) is 0.200. The maximum Gasteiger partial charge on any atom is 0.123 e. The van der Waals surface area contributed by atoms with Gasteiger partial charge >= 0.3 is 0 Å². The molecule has 0 saturated carbocycles. The minimum Gasteiger partial charge on any atom is -0.398 e. The molecule has 0 bridgehead atoms. The Bertz CT molecular complexity index is 445. The van der Waals surface area contributed by atoms with E-state index in [4.69, 9.17) is 5.73 Å². The van der Waals surface area contributed by atoms with Crippen LogP contribution in [0.3, 0.4) is 0 Å². The number of nitrogens with two attached hydrogens (primary N) is 1. The van der Waals surface area contributed by atoms with Crippen LogP contribution in [0.1, 0.15) is 11.1 Å². The summed E-state index contributed by atoms with van der Waals surface area (Å²) >= 11 is 0. The van der Waals surface area contributed by atoms with Gasteiger partial charge in [0.2, 0.25) is 0 Å². The number of aryl methyl sites for hydroxylation is 2. The first kappa shape index (κ1) is 8.74. The molecule has 0 saturated heterocycles. The number of aromatic nitrogens is 3. The molecule has 72 valence electrons. The van der Waals surface area contributed by atoms with Crippen molar-refractivity contribution in [2.75, 3.05) is 5.73 Å². The van der Waals surface area contributed by atoms with E-state index in [0.717, 1.165) is 22.5 Å². The van der Waals surface area contributed by atoms with E-state index in [-0.39, 0.29) is 0 Å². The Labute approximate surface area is 82.4 Å². The molecule has 2 rings (SSSR count). The third-order valence-electron chi connectivity index (χ3n) is 2.28. The molecule has 0 amide bonds. The second kappa shape index (κ2) is 3.14. The van der Waals surface area contributed by atoms with Crippen LogP contribution in [-0.2, 0) is 0 Å². The summed E-state index contributed by atoms with van der Waals surface area (Å²) in [5, 5.41) is 7.53. The fourth-order valence-electron chi connectivity index (χ4n) is 1.46. The van der Waals surface area contributed by atoms with Crippen molar-refractivity contribution in [2.24, 2.45) is 0 Å².